The van der Waals surface area contributed by atoms with Crippen molar-refractivity contribution in [3.8, 4) is 0 Å². The summed E-state index contributed by atoms with van der Waals surface area (Å²) in [4.78, 5) is 24.8. The normalized spacial score (nSPS) is 13.4. The fourth-order valence-electron chi connectivity index (χ4n) is 2.99. The molecule has 1 aromatic heterocycles. The van der Waals surface area contributed by atoms with Gasteiger partial charge in [0.15, 0.2) is 0 Å². The lowest BCUT2D eigenvalue weighted by Crippen LogP contribution is -2.31. The van der Waals surface area contributed by atoms with Gasteiger partial charge in [-0.1, -0.05) is 25.5 Å². The van der Waals surface area contributed by atoms with Crippen molar-refractivity contribution in [2.75, 3.05) is 6.54 Å². The van der Waals surface area contributed by atoms with Crippen LogP contribution in [-0.2, 0) is 13.0 Å². The molecule has 4 heteroatoms. The largest absolute Gasteiger partial charge is 0.352 e. The molecule has 110 valence electrons. The number of pyridine rings is 1. The van der Waals surface area contributed by atoms with Crippen LogP contribution in [-0.4, -0.2) is 17.0 Å². The Bertz CT molecular complexity index is 746. The Balaban J connectivity index is 2.07. The van der Waals surface area contributed by atoms with Gasteiger partial charge in [0, 0.05) is 24.7 Å². The van der Waals surface area contributed by atoms with Gasteiger partial charge in [-0.05, 0) is 30.9 Å². The summed E-state index contributed by atoms with van der Waals surface area (Å²) in [6.45, 7) is 3.55. The highest BCUT2D eigenvalue weighted by Crippen LogP contribution is 2.23. The highest BCUT2D eigenvalue weighted by molar-refractivity contribution is 5.97. The van der Waals surface area contributed by atoms with Crippen molar-refractivity contribution in [3.05, 3.63) is 45.7 Å². The standard InChI is InChI=1S/C17H20N2O2/c1-2-3-9-18-17(21)14-11-19-10-5-7-12-6-4-8-13(15(12)19)16(14)20/h4,6,8,11H,2-3,5,7,9-10H2,1H3,(H,18,21). The zero-order chi connectivity index (χ0) is 14.8. The summed E-state index contributed by atoms with van der Waals surface area (Å²) in [6, 6.07) is 5.80. The van der Waals surface area contributed by atoms with Crippen molar-refractivity contribution < 1.29 is 4.79 Å². The number of rotatable bonds is 4. The monoisotopic (exact) mass is 284 g/mol. The highest BCUT2D eigenvalue weighted by Gasteiger charge is 2.18. The molecule has 4 nitrogen and oxygen atoms in total. The Hall–Kier alpha value is -2.10. The Kier molecular flexibility index (Phi) is 3.78. The molecule has 0 saturated heterocycles. The number of aryl methyl sites for hydroxylation is 2. The number of amides is 1. The van der Waals surface area contributed by atoms with Gasteiger partial charge in [-0.25, -0.2) is 0 Å². The zero-order valence-electron chi connectivity index (χ0n) is 12.3. The molecule has 1 aliphatic rings. The van der Waals surface area contributed by atoms with Crippen LogP contribution in [0.3, 0.4) is 0 Å². The Labute approximate surface area is 123 Å². The first-order valence-corrected chi connectivity index (χ1v) is 7.65. The van der Waals surface area contributed by atoms with Gasteiger partial charge in [-0.15, -0.1) is 0 Å². The van der Waals surface area contributed by atoms with E-state index in [0.29, 0.717) is 11.9 Å². The number of nitrogens with one attached hydrogen (secondary N) is 1. The van der Waals surface area contributed by atoms with Crippen molar-refractivity contribution in [1.82, 2.24) is 9.88 Å². The minimum Gasteiger partial charge on any atom is -0.352 e. The fraction of sp³-hybridized carbons (Fsp3) is 0.412. The summed E-state index contributed by atoms with van der Waals surface area (Å²) < 4.78 is 2.06. The van der Waals surface area contributed by atoms with Crippen molar-refractivity contribution in [1.29, 1.82) is 0 Å². The summed E-state index contributed by atoms with van der Waals surface area (Å²) in [5.74, 6) is -0.255. The SMILES string of the molecule is CCCCNC(=O)c1cn2c3c(cccc3c1=O)CCC2. The van der Waals surface area contributed by atoms with Crippen LogP contribution in [0.5, 0.6) is 0 Å². The van der Waals surface area contributed by atoms with Gasteiger partial charge < -0.3 is 9.88 Å². The Morgan fingerprint density at radius 3 is 3.05 bits per heavy atom. The predicted octanol–water partition coefficient (Wildman–Crippen LogP) is 2.48. The second-order valence-corrected chi connectivity index (χ2v) is 5.59. The number of unbranched alkanes of at least 4 members (excludes halogenated alkanes) is 1. The van der Waals surface area contributed by atoms with Crippen LogP contribution in [0.2, 0.25) is 0 Å². The van der Waals surface area contributed by atoms with E-state index >= 15 is 0 Å². The predicted molar refractivity (Wildman–Crippen MR) is 83.8 cm³/mol. The van der Waals surface area contributed by atoms with E-state index in [9.17, 15) is 9.59 Å². The van der Waals surface area contributed by atoms with Crippen LogP contribution in [0.25, 0.3) is 10.9 Å². The quantitative estimate of drug-likeness (QED) is 0.877. The van der Waals surface area contributed by atoms with E-state index in [1.54, 1.807) is 6.20 Å². The van der Waals surface area contributed by atoms with Crippen LogP contribution in [0.1, 0.15) is 42.1 Å². The van der Waals surface area contributed by atoms with Crippen LogP contribution >= 0.6 is 0 Å². The number of hydrogen-bond acceptors (Lipinski definition) is 2. The molecule has 2 heterocycles. The van der Waals surface area contributed by atoms with Gasteiger partial charge in [-0.2, -0.15) is 0 Å². The van der Waals surface area contributed by atoms with Crippen molar-refractivity contribution in [2.24, 2.45) is 0 Å². The smallest absolute Gasteiger partial charge is 0.256 e. The van der Waals surface area contributed by atoms with Gasteiger partial charge in [-0.3, -0.25) is 9.59 Å². The van der Waals surface area contributed by atoms with E-state index in [4.69, 9.17) is 0 Å². The van der Waals surface area contributed by atoms with Crippen molar-refractivity contribution in [3.63, 3.8) is 0 Å². The molecule has 21 heavy (non-hydrogen) atoms. The molecule has 0 spiro atoms. The third kappa shape index (κ3) is 2.46. The van der Waals surface area contributed by atoms with Gasteiger partial charge in [0.25, 0.3) is 5.91 Å². The van der Waals surface area contributed by atoms with E-state index in [1.165, 1.54) is 5.56 Å². The minimum atomic E-state index is -0.255. The number of carbonyl (C=O) groups excluding carboxylic acids is 1. The summed E-state index contributed by atoms with van der Waals surface area (Å²) in [5.41, 5.74) is 2.31. The highest BCUT2D eigenvalue weighted by atomic mass is 16.2. The molecule has 0 atom stereocenters. The van der Waals surface area contributed by atoms with Crippen molar-refractivity contribution in [2.45, 2.75) is 39.2 Å². The van der Waals surface area contributed by atoms with E-state index in [0.717, 1.165) is 37.7 Å². The molecule has 1 aliphatic heterocycles. The van der Waals surface area contributed by atoms with E-state index in [2.05, 4.69) is 22.9 Å². The molecule has 1 amide bonds. The molecule has 1 aromatic carbocycles. The summed E-state index contributed by atoms with van der Waals surface area (Å²) >= 11 is 0. The first-order valence-electron chi connectivity index (χ1n) is 7.65. The molecule has 0 aliphatic carbocycles. The third-order valence-corrected chi connectivity index (χ3v) is 4.09. The van der Waals surface area contributed by atoms with Crippen LogP contribution in [0.15, 0.2) is 29.2 Å². The molecule has 1 N–H and O–H groups in total. The molecular weight excluding hydrogens is 264 g/mol. The topological polar surface area (TPSA) is 51.1 Å². The maximum Gasteiger partial charge on any atom is 0.256 e. The van der Waals surface area contributed by atoms with E-state index < -0.39 is 0 Å². The van der Waals surface area contributed by atoms with Gasteiger partial charge in [0.2, 0.25) is 5.43 Å². The minimum absolute atomic E-state index is 0.154. The number of carbonyl (C=O) groups is 1. The number of para-hydroxylation sites is 1. The molecule has 0 radical (unpaired) electrons. The van der Waals surface area contributed by atoms with Gasteiger partial charge >= 0.3 is 0 Å². The van der Waals surface area contributed by atoms with E-state index in [-0.39, 0.29) is 16.9 Å². The van der Waals surface area contributed by atoms with Crippen LogP contribution in [0.4, 0.5) is 0 Å². The van der Waals surface area contributed by atoms with Gasteiger partial charge in [0.05, 0.1) is 5.52 Å². The molecular formula is C17H20N2O2. The lowest BCUT2D eigenvalue weighted by molar-refractivity contribution is 0.0951. The maximum atomic E-state index is 12.6. The van der Waals surface area contributed by atoms with Crippen molar-refractivity contribution >= 4 is 16.8 Å². The second-order valence-electron chi connectivity index (χ2n) is 5.59. The molecule has 0 unspecified atom stereocenters. The lowest BCUT2D eigenvalue weighted by atomic mass is 10.00. The summed E-state index contributed by atoms with van der Waals surface area (Å²) in [6.07, 6.45) is 5.72. The summed E-state index contributed by atoms with van der Waals surface area (Å²) in [5, 5.41) is 3.50. The van der Waals surface area contributed by atoms with Crippen LogP contribution in [0, 0.1) is 0 Å². The molecule has 0 bridgehead atoms. The van der Waals surface area contributed by atoms with Crippen LogP contribution < -0.4 is 10.7 Å². The number of benzene rings is 1. The number of nitrogens with zero attached hydrogens (tertiary/aromatic N) is 1. The molecule has 0 saturated carbocycles. The number of aromatic nitrogens is 1. The zero-order valence-corrected chi connectivity index (χ0v) is 12.3. The average Bonchev–Trinajstić information content (AvgIpc) is 2.51. The molecule has 3 rings (SSSR count). The molecule has 2 aromatic rings. The first kappa shape index (κ1) is 13.9. The second kappa shape index (κ2) is 5.72. The third-order valence-electron chi connectivity index (χ3n) is 4.09. The van der Waals surface area contributed by atoms with Gasteiger partial charge in [0.1, 0.15) is 5.56 Å². The lowest BCUT2D eigenvalue weighted by Gasteiger charge is -2.20. The fourth-order valence-corrected chi connectivity index (χ4v) is 2.99. The Morgan fingerprint density at radius 1 is 1.38 bits per heavy atom. The average molecular weight is 284 g/mol. The number of hydrogen-bond donors (Lipinski definition) is 1. The Morgan fingerprint density at radius 2 is 2.24 bits per heavy atom. The maximum absolute atomic E-state index is 12.6. The van der Waals surface area contributed by atoms with E-state index in [1.807, 2.05) is 12.1 Å². The molecule has 0 fully saturated rings. The first-order chi connectivity index (χ1) is 10.2. The summed E-state index contributed by atoms with van der Waals surface area (Å²) in [7, 11) is 0.